The van der Waals surface area contributed by atoms with Crippen molar-refractivity contribution in [3.05, 3.63) is 0 Å². The molecule has 2 aliphatic carbocycles. The standard InChI is InChI=1S/C17H30N6/c18-15-21-16(19-11-13-7-3-1-4-8-13)23-17(22-15)20-12-14-9-5-2-6-10-14/h13-14H,1-12H2,(H4,18,19,20,21,22,23). The van der Waals surface area contributed by atoms with Crippen LogP contribution in [-0.2, 0) is 0 Å². The summed E-state index contributed by atoms with van der Waals surface area (Å²) in [4.78, 5) is 12.9. The molecule has 2 fully saturated rings. The van der Waals surface area contributed by atoms with Gasteiger partial charge in [0.15, 0.2) is 0 Å². The van der Waals surface area contributed by atoms with E-state index in [0.717, 1.165) is 24.9 Å². The van der Waals surface area contributed by atoms with Crippen molar-refractivity contribution in [2.24, 2.45) is 11.8 Å². The van der Waals surface area contributed by atoms with Crippen molar-refractivity contribution < 1.29 is 0 Å². The summed E-state index contributed by atoms with van der Waals surface area (Å²) in [6.45, 7) is 1.87. The number of aromatic nitrogens is 3. The van der Waals surface area contributed by atoms with Gasteiger partial charge in [-0.2, -0.15) is 15.0 Å². The van der Waals surface area contributed by atoms with Gasteiger partial charge in [-0.05, 0) is 37.5 Å². The van der Waals surface area contributed by atoms with Crippen LogP contribution in [0.5, 0.6) is 0 Å². The van der Waals surface area contributed by atoms with E-state index in [2.05, 4.69) is 25.6 Å². The van der Waals surface area contributed by atoms with Gasteiger partial charge in [-0.15, -0.1) is 0 Å². The predicted molar refractivity (Wildman–Crippen MR) is 94.4 cm³/mol. The maximum Gasteiger partial charge on any atom is 0.229 e. The molecule has 6 heteroatoms. The monoisotopic (exact) mass is 318 g/mol. The minimum absolute atomic E-state index is 0.289. The third kappa shape index (κ3) is 5.22. The van der Waals surface area contributed by atoms with E-state index in [1.165, 1.54) is 64.2 Å². The number of nitrogen functional groups attached to an aromatic ring is 1. The molecular formula is C17H30N6. The maximum atomic E-state index is 5.83. The molecule has 0 spiro atoms. The Morgan fingerprint density at radius 1 is 0.696 bits per heavy atom. The normalized spacial score (nSPS) is 20.3. The molecule has 0 unspecified atom stereocenters. The smallest absolute Gasteiger partial charge is 0.229 e. The van der Waals surface area contributed by atoms with Crippen LogP contribution in [-0.4, -0.2) is 28.0 Å². The van der Waals surface area contributed by atoms with E-state index in [-0.39, 0.29) is 5.95 Å². The lowest BCUT2D eigenvalue weighted by molar-refractivity contribution is 0.372. The zero-order valence-corrected chi connectivity index (χ0v) is 14.1. The van der Waals surface area contributed by atoms with Crippen LogP contribution in [0.3, 0.4) is 0 Å². The van der Waals surface area contributed by atoms with Gasteiger partial charge in [0.25, 0.3) is 0 Å². The number of anilines is 3. The molecule has 2 saturated carbocycles. The minimum Gasteiger partial charge on any atom is -0.368 e. The van der Waals surface area contributed by atoms with Gasteiger partial charge >= 0.3 is 0 Å². The van der Waals surface area contributed by atoms with Gasteiger partial charge in [0.2, 0.25) is 17.8 Å². The van der Waals surface area contributed by atoms with Gasteiger partial charge in [-0.3, -0.25) is 0 Å². The Morgan fingerprint density at radius 2 is 1.13 bits per heavy atom. The fourth-order valence-corrected chi connectivity index (χ4v) is 3.80. The van der Waals surface area contributed by atoms with Crippen LogP contribution >= 0.6 is 0 Å². The van der Waals surface area contributed by atoms with Gasteiger partial charge in [0, 0.05) is 13.1 Å². The van der Waals surface area contributed by atoms with E-state index in [0.29, 0.717) is 11.9 Å². The summed E-state index contributed by atoms with van der Waals surface area (Å²) < 4.78 is 0. The molecule has 1 aromatic rings. The van der Waals surface area contributed by atoms with Gasteiger partial charge < -0.3 is 16.4 Å². The number of nitrogens with one attached hydrogen (secondary N) is 2. The second kappa shape index (κ2) is 8.31. The van der Waals surface area contributed by atoms with Crippen molar-refractivity contribution in [2.45, 2.75) is 64.2 Å². The van der Waals surface area contributed by atoms with Crippen molar-refractivity contribution in [1.82, 2.24) is 15.0 Å². The maximum absolute atomic E-state index is 5.83. The molecule has 0 radical (unpaired) electrons. The molecule has 23 heavy (non-hydrogen) atoms. The van der Waals surface area contributed by atoms with E-state index in [9.17, 15) is 0 Å². The summed E-state index contributed by atoms with van der Waals surface area (Å²) in [5, 5.41) is 6.70. The van der Waals surface area contributed by atoms with Crippen molar-refractivity contribution in [1.29, 1.82) is 0 Å². The summed E-state index contributed by atoms with van der Waals surface area (Å²) in [7, 11) is 0. The van der Waals surface area contributed by atoms with Gasteiger partial charge in [0.05, 0.1) is 0 Å². The molecule has 6 nitrogen and oxygen atoms in total. The summed E-state index contributed by atoms with van der Waals surface area (Å²) >= 11 is 0. The average Bonchev–Trinajstić information content (AvgIpc) is 2.60. The Kier molecular flexibility index (Phi) is 5.88. The first-order valence-corrected chi connectivity index (χ1v) is 9.29. The fourth-order valence-electron chi connectivity index (χ4n) is 3.80. The lowest BCUT2D eigenvalue weighted by atomic mass is 9.89. The number of hydrogen-bond acceptors (Lipinski definition) is 6. The zero-order valence-electron chi connectivity index (χ0n) is 14.1. The minimum atomic E-state index is 0.289. The summed E-state index contributed by atoms with van der Waals surface area (Å²) in [5.41, 5.74) is 5.83. The highest BCUT2D eigenvalue weighted by Crippen LogP contribution is 2.25. The topological polar surface area (TPSA) is 88.8 Å². The largest absolute Gasteiger partial charge is 0.368 e. The Hall–Kier alpha value is -1.59. The summed E-state index contributed by atoms with van der Waals surface area (Å²) in [5.74, 6) is 2.97. The molecule has 0 bridgehead atoms. The van der Waals surface area contributed by atoms with Crippen LogP contribution in [0.4, 0.5) is 17.8 Å². The molecule has 1 heterocycles. The number of nitrogens with zero attached hydrogens (tertiary/aromatic N) is 3. The lowest BCUT2D eigenvalue weighted by Gasteiger charge is -2.22. The van der Waals surface area contributed by atoms with E-state index in [1.54, 1.807) is 0 Å². The quantitative estimate of drug-likeness (QED) is 0.744. The number of hydrogen-bond donors (Lipinski definition) is 3. The lowest BCUT2D eigenvalue weighted by Crippen LogP contribution is -2.21. The Morgan fingerprint density at radius 3 is 1.57 bits per heavy atom. The Bertz CT molecular complexity index is 440. The highest BCUT2D eigenvalue weighted by atomic mass is 15.2. The van der Waals surface area contributed by atoms with Crippen molar-refractivity contribution in [3.63, 3.8) is 0 Å². The molecule has 0 saturated heterocycles. The van der Waals surface area contributed by atoms with Crippen LogP contribution in [0.1, 0.15) is 64.2 Å². The van der Waals surface area contributed by atoms with Gasteiger partial charge in [-0.25, -0.2) is 0 Å². The molecule has 128 valence electrons. The molecule has 0 aromatic carbocycles. The van der Waals surface area contributed by atoms with Crippen LogP contribution < -0.4 is 16.4 Å². The fraction of sp³-hybridized carbons (Fsp3) is 0.824. The van der Waals surface area contributed by atoms with E-state index in [1.807, 2.05) is 0 Å². The first-order chi connectivity index (χ1) is 11.3. The summed E-state index contributed by atoms with van der Waals surface area (Å²) in [6.07, 6.45) is 13.4. The molecule has 0 amide bonds. The van der Waals surface area contributed by atoms with Crippen molar-refractivity contribution in [3.8, 4) is 0 Å². The van der Waals surface area contributed by atoms with Crippen LogP contribution in [0.15, 0.2) is 0 Å². The average molecular weight is 318 g/mol. The first kappa shape index (κ1) is 16.3. The highest BCUT2D eigenvalue weighted by molar-refractivity contribution is 5.39. The number of nitrogens with two attached hydrogens (primary N) is 1. The van der Waals surface area contributed by atoms with E-state index < -0.39 is 0 Å². The van der Waals surface area contributed by atoms with E-state index >= 15 is 0 Å². The molecule has 4 N–H and O–H groups in total. The third-order valence-corrected chi connectivity index (χ3v) is 5.20. The molecule has 3 rings (SSSR count). The molecule has 1 aromatic heterocycles. The Balaban J connectivity index is 1.50. The second-order valence-corrected chi connectivity index (χ2v) is 7.11. The van der Waals surface area contributed by atoms with Crippen LogP contribution in [0, 0.1) is 11.8 Å². The van der Waals surface area contributed by atoms with Crippen LogP contribution in [0.2, 0.25) is 0 Å². The Labute approximate surface area is 139 Å². The molecule has 0 aliphatic heterocycles. The summed E-state index contributed by atoms with van der Waals surface area (Å²) in [6, 6.07) is 0. The van der Waals surface area contributed by atoms with Crippen LogP contribution in [0.25, 0.3) is 0 Å². The molecular weight excluding hydrogens is 288 g/mol. The second-order valence-electron chi connectivity index (χ2n) is 7.11. The number of rotatable bonds is 6. The molecule has 2 aliphatic rings. The van der Waals surface area contributed by atoms with Gasteiger partial charge in [0.1, 0.15) is 0 Å². The molecule has 0 atom stereocenters. The predicted octanol–water partition coefficient (Wildman–Crippen LogP) is 3.44. The highest BCUT2D eigenvalue weighted by Gasteiger charge is 2.15. The van der Waals surface area contributed by atoms with Crippen molar-refractivity contribution in [2.75, 3.05) is 29.5 Å². The van der Waals surface area contributed by atoms with E-state index in [4.69, 9.17) is 5.73 Å². The zero-order chi connectivity index (χ0) is 15.9. The first-order valence-electron chi connectivity index (χ1n) is 9.29. The third-order valence-electron chi connectivity index (χ3n) is 5.20. The van der Waals surface area contributed by atoms with Gasteiger partial charge in [-0.1, -0.05) is 38.5 Å². The SMILES string of the molecule is Nc1nc(NCC2CCCCC2)nc(NCC2CCCCC2)n1. The van der Waals surface area contributed by atoms with Crippen molar-refractivity contribution >= 4 is 17.8 Å².